The van der Waals surface area contributed by atoms with Gasteiger partial charge >= 0.3 is 12.0 Å². The number of rotatable bonds is 2. The van der Waals surface area contributed by atoms with Crippen LogP contribution in [0.2, 0.25) is 0 Å². The first-order chi connectivity index (χ1) is 12.1. The summed E-state index contributed by atoms with van der Waals surface area (Å²) in [5.41, 5.74) is 1.95. The van der Waals surface area contributed by atoms with Crippen LogP contribution in [0.15, 0.2) is 84.9 Å². The van der Waals surface area contributed by atoms with Crippen molar-refractivity contribution in [1.82, 2.24) is 4.57 Å². The van der Waals surface area contributed by atoms with Gasteiger partial charge in [0.2, 0.25) is 0 Å². The Balaban J connectivity index is 2.19. The van der Waals surface area contributed by atoms with E-state index in [-0.39, 0.29) is 0 Å². The van der Waals surface area contributed by atoms with E-state index in [1.54, 1.807) is 84.9 Å². The normalized spacial score (nSPS) is 11.8. The molecule has 25 heavy (non-hydrogen) atoms. The lowest BCUT2D eigenvalue weighted by atomic mass is 10.2. The second kappa shape index (κ2) is 5.77. The van der Waals surface area contributed by atoms with Gasteiger partial charge in [-0.15, -0.1) is 0 Å². The molecule has 1 heterocycles. The van der Waals surface area contributed by atoms with E-state index in [1.807, 2.05) is 0 Å². The minimum absolute atomic E-state index is 0.473. The van der Waals surface area contributed by atoms with Gasteiger partial charge < -0.3 is 0 Å². The van der Waals surface area contributed by atoms with Crippen LogP contribution in [0.25, 0.3) is 22.4 Å². The molecule has 5 heteroatoms. The van der Waals surface area contributed by atoms with Crippen molar-refractivity contribution >= 4 is 11.0 Å². The number of halogens is 3. The van der Waals surface area contributed by atoms with Crippen LogP contribution in [0.5, 0.6) is 0 Å². The van der Waals surface area contributed by atoms with Crippen LogP contribution in [-0.2, 0) is 6.18 Å². The Kier molecular flexibility index (Phi) is 3.57. The standard InChI is InChI=1S/C20H14F3N2/c21-20(22,23)19-24(15-9-3-1-4-10-15)17-13-7-8-14-18(17)25(19)16-11-5-2-6-12-16/h1-14H/q+1. The topological polar surface area (TPSA) is 8.81 Å². The van der Waals surface area contributed by atoms with Gasteiger partial charge in [0.25, 0.3) is 0 Å². The predicted molar refractivity (Wildman–Crippen MR) is 89.8 cm³/mol. The summed E-state index contributed by atoms with van der Waals surface area (Å²) in [5.74, 6) is -0.730. The highest BCUT2D eigenvalue weighted by atomic mass is 19.4. The average Bonchev–Trinajstić information content (AvgIpc) is 2.99. The number of nitrogens with zero attached hydrogens (tertiary/aromatic N) is 2. The van der Waals surface area contributed by atoms with Crippen molar-refractivity contribution in [3.05, 3.63) is 90.8 Å². The molecule has 0 atom stereocenters. The SMILES string of the molecule is FC(F)(F)c1n(-c2ccccc2)c2ccccc2[n+]1-c1ccccc1. The van der Waals surface area contributed by atoms with Crippen LogP contribution in [0.4, 0.5) is 13.2 Å². The summed E-state index contributed by atoms with van der Waals surface area (Å²) >= 11 is 0. The number of fused-ring (bicyclic) bond motifs is 1. The molecule has 0 radical (unpaired) electrons. The highest BCUT2D eigenvalue weighted by Crippen LogP contribution is 2.33. The molecule has 0 saturated carbocycles. The lowest BCUT2D eigenvalue weighted by molar-refractivity contribution is -0.595. The number of aromatic nitrogens is 2. The van der Waals surface area contributed by atoms with Crippen LogP contribution < -0.4 is 4.57 Å². The molecular weight excluding hydrogens is 325 g/mol. The van der Waals surface area contributed by atoms with Gasteiger partial charge in [-0.2, -0.15) is 22.3 Å². The first-order valence-corrected chi connectivity index (χ1v) is 7.81. The highest BCUT2D eigenvalue weighted by molar-refractivity contribution is 5.75. The molecular formula is C20H14F3N2+. The molecule has 124 valence electrons. The Morgan fingerprint density at radius 3 is 1.88 bits per heavy atom. The minimum atomic E-state index is -4.52. The van der Waals surface area contributed by atoms with E-state index in [0.717, 1.165) is 0 Å². The molecule has 3 aromatic carbocycles. The molecule has 1 aromatic heterocycles. The highest BCUT2D eigenvalue weighted by Gasteiger charge is 2.48. The van der Waals surface area contributed by atoms with Crippen LogP contribution in [-0.4, -0.2) is 4.57 Å². The van der Waals surface area contributed by atoms with Crippen molar-refractivity contribution in [2.75, 3.05) is 0 Å². The zero-order valence-electron chi connectivity index (χ0n) is 13.1. The number of para-hydroxylation sites is 4. The third-order valence-electron chi connectivity index (χ3n) is 4.07. The maximum Gasteiger partial charge on any atom is 0.496 e. The zero-order chi connectivity index (χ0) is 17.4. The fraction of sp³-hybridized carbons (Fsp3) is 0.0500. The summed E-state index contributed by atoms with van der Waals surface area (Å²) < 4.78 is 44.8. The molecule has 4 aromatic rings. The maximum atomic E-state index is 14.1. The third-order valence-corrected chi connectivity index (χ3v) is 4.07. The largest absolute Gasteiger partial charge is 0.496 e. The van der Waals surface area contributed by atoms with Gasteiger partial charge in [-0.25, -0.2) is 0 Å². The quantitative estimate of drug-likeness (QED) is 0.458. The molecule has 0 aliphatic heterocycles. The van der Waals surface area contributed by atoms with Crippen molar-refractivity contribution in [3.8, 4) is 11.4 Å². The second-order valence-corrected chi connectivity index (χ2v) is 5.65. The van der Waals surface area contributed by atoms with E-state index in [0.29, 0.717) is 22.4 Å². The Bertz CT molecular complexity index is 943. The summed E-state index contributed by atoms with van der Waals surface area (Å²) in [6.07, 6.45) is -4.52. The van der Waals surface area contributed by atoms with Gasteiger partial charge in [0.1, 0.15) is 11.4 Å². The van der Waals surface area contributed by atoms with Gasteiger partial charge in [-0.3, -0.25) is 0 Å². The molecule has 0 fully saturated rings. The summed E-state index contributed by atoms with van der Waals surface area (Å²) in [6.45, 7) is 0. The summed E-state index contributed by atoms with van der Waals surface area (Å²) in [6, 6.07) is 24.1. The minimum Gasteiger partial charge on any atom is -0.184 e. The molecule has 0 amide bonds. The van der Waals surface area contributed by atoms with Crippen LogP contribution >= 0.6 is 0 Å². The number of imidazole rings is 1. The van der Waals surface area contributed by atoms with E-state index < -0.39 is 12.0 Å². The van der Waals surface area contributed by atoms with Gasteiger partial charge in [-0.1, -0.05) is 48.5 Å². The van der Waals surface area contributed by atoms with Crippen molar-refractivity contribution in [2.45, 2.75) is 6.18 Å². The van der Waals surface area contributed by atoms with Gasteiger partial charge in [0, 0.05) is 0 Å². The molecule has 0 unspecified atom stereocenters. The molecule has 0 aliphatic rings. The van der Waals surface area contributed by atoms with Gasteiger partial charge in [-0.05, 0) is 36.4 Å². The summed E-state index contributed by atoms with van der Waals surface area (Å²) in [4.78, 5) is 0. The monoisotopic (exact) mass is 339 g/mol. The van der Waals surface area contributed by atoms with Gasteiger partial charge in [0.15, 0.2) is 11.0 Å². The average molecular weight is 339 g/mol. The number of benzene rings is 3. The predicted octanol–water partition coefficient (Wildman–Crippen LogP) is 4.93. The molecule has 0 bridgehead atoms. The lowest BCUT2D eigenvalue weighted by Gasteiger charge is -2.08. The number of hydrogen-bond acceptors (Lipinski definition) is 0. The van der Waals surface area contributed by atoms with Crippen LogP contribution in [0.1, 0.15) is 5.82 Å². The van der Waals surface area contributed by atoms with E-state index >= 15 is 0 Å². The molecule has 0 N–H and O–H groups in total. The fourth-order valence-electron chi connectivity index (χ4n) is 3.10. The Hall–Kier alpha value is -3.08. The number of alkyl halides is 3. The van der Waals surface area contributed by atoms with Crippen molar-refractivity contribution in [1.29, 1.82) is 0 Å². The van der Waals surface area contributed by atoms with E-state index in [4.69, 9.17) is 0 Å². The Labute approximate surface area is 142 Å². The van der Waals surface area contributed by atoms with E-state index in [2.05, 4.69) is 0 Å². The van der Waals surface area contributed by atoms with Gasteiger partial charge in [0.05, 0.1) is 0 Å². The molecule has 2 nitrogen and oxygen atoms in total. The zero-order valence-corrected chi connectivity index (χ0v) is 13.1. The molecule has 0 aliphatic carbocycles. The maximum absolute atomic E-state index is 14.1. The first kappa shape index (κ1) is 15.4. The molecule has 4 rings (SSSR count). The first-order valence-electron chi connectivity index (χ1n) is 7.81. The van der Waals surface area contributed by atoms with Crippen molar-refractivity contribution in [2.24, 2.45) is 0 Å². The summed E-state index contributed by atoms with van der Waals surface area (Å²) in [7, 11) is 0. The fourth-order valence-corrected chi connectivity index (χ4v) is 3.10. The van der Waals surface area contributed by atoms with Crippen molar-refractivity contribution < 1.29 is 17.7 Å². The van der Waals surface area contributed by atoms with Crippen LogP contribution in [0.3, 0.4) is 0 Å². The molecule has 0 spiro atoms. The number of hydrogen-bond donors (Lipinski definition) is 0. The van der Waals surface area contributed by atoms with Crippen LogP contribution in [0, 0.1) is 0 Å². The van der Waals surface area contributed by atoms with Crippen molar-refractivity contribution in [3.63, 3.8) is 0 Å². The third kappa shape index (κ3) is 2.58. The van der Waals surface area contributed by atoms with E-state index in [1.165, 1.54) is 9.13 Å². The smallest absolute Gasteiger partial charge is 0.184 e. The summed E-state index contributed by atoms with van der Waals surface area (Å²) in [5, 5.41) is 0. The Morgan fingerprint density at radius 1 is 0.680 bits per heavy atom. The molecule has 0 saturated heterocycles. The van der Waals surface area contributed by atoms with E-state index in [9.17, 15) is 13.2 Å². The lowest BCUT2D eigenvalue weighted by Crippen LogP contribution is -2.39. The Morgan fingerprint density at radius 2 is 1.24 bits per heavy atom. The second-order valence-electron chi connectivity index (χ2n) is 5.65.